The average Bonchev–Trinajstić information content (AvgIpc) is 2.62. The van der Waals surface area contributed by atoms with Gasteiger partial charge in [-0.3, -0.25) is 9.59 Å². The quantitative estimate of drug-likeness (QED) is 0.816. The van der Waals surface area contributed by atoms with E-state index < -0.39 is 12.6 Å². The summed E-state index contributed by atoms with van der Waals surface area (Å²) < 4.78 is 4.96. The van der Waals surface area contributed by atoms with Crippen molar-refractivity contribution in [1.29, 1.82) is 0 Å². The Kier molecular flexibility index (Phi) is 3.33. The van der Waals surface area contributed by atoms with E-state index in [4.69, 9.17) is 9.84 Å². The van der Waals surface area contributed by atoms with Crippen LogP contribution in [0.4, 0.5) is 5.69 Å². The Morgan fingerprint density at radius 3 is 2.37 bits per heavy atom. The van der Waals surface area contributed by atoms with Crippen molar-refractivity contribution in [2.75, 3.05) is 11.5 Å². The summed E-state index contributed by atoms with van der Waals surface area (Å²) in [5.41, 5.74) is 0.807. The number of carbonyl (C=O) groups is 3. The van der Waals surface area contributed by atoms with Gasteiger partial charge in [-0.2, -0.15) is 0 Å². The van der Waals surface area contributed by atoms with Crippen LogP contribution < -0.4 is 9.64 Å². The molecule has 0 spiro atoms. The van der Waals surface area contributed by atoms with Crippen LogP contribution in [0, 0.1) is 0 Å². The molecule has 2 rings (SSSR count). The minimum atomic E-state index is -1.08. The van der Waals surface area contributed by atoms with Gasteiger partial charge >= 0.3 is 5.97 Å². The van der Waals surface area contributed by atoms with Crippen LogP contribution in [0.25, 0.3) is 0 Å². The maximum absolute atomic E-state index is 11.7. The van der Waals surface area contributed by atoms with Gasteiger partial charge in [-0.05, 0) is 31.2 Å². The van der Waals surface area contributed by atoms with Crippen LogP contribution in [-0.2, 0) is 14.4 Å². The molecule has 19 heavy (non-hydrogen) atoms. The zero-order valence-electron chi connectivity index (χ0n) is 10.1. The van der Waals surface area contributed by atoms with Crippen molar-refractivity contribution < 1.29 is 24.2 Å². The number of anilines is 1. The third-order valence-electron chi connectivity index (χ3n) is 2.56. The van der Waals surface area contributed by atoms with E-state index >= 15 is 0 Å². The van der Waals surface area contributed by atoms with E-state index in [2.05, 4.69) is 0 Å². The number of benzene rings is 1. The Balaban J connectivity index is 2.13. The first kappa shape index (κ1) is 12.8. The highest BCUT2D eigenvalue weighted by Gasteiger charge is 2.29. The second-order valence-electron chi connectivity index (χ2n) is 3.98. The van der Waals surface area contributed by atoms with E-state index in [1.54, 1.807) is 6.92 Å². The first-order valence-electron chi connectivity index (χ1n) is 5.50. The number of carbonyl (C=O) groups excluding carboxylic acids is 2. The summed E-state index contributed by atoms with van der Waals surface area (Å²) in [4.78, 5) is 34.8. The summed E-state index contributed by atoms with van der Waals surface area (Å²) in [6, 6.07) is 6.07. The van der Waals surface area contributed by atoms with Crippen molar-refractivity contribution in [3.8, 4) is 5.75 Å². The predicted octanol–water partition coefficient (Wildman–Crippen LogP) is 0.970. The number of rotatable bonds is 4. The molecule has 98 valence electrons. The zero-order chi connectivity index (χ0) is 14.0. The molecule has 0 fully saturated rings. The second-order valence-corrected chi connectivity index (χ2v) is 3.98. The van der Waals surface area contributed by atoms with Crippen LogP contribution in [0.2, 0.25) is 0 Å². The number of imide groups is 1. The van der Waals surface area contributed by atoms with Crippen LogP contribution in [0.15, 0.2) is 35.9 Å². The van der Waals surface area contributed by atoms with Crippen molar-refractivity contribution >= 4 is 23.5 Å². The van der Waals surface area contributed by atoms with Gasteiger partial charge in [-0.15, -0.1) is 0 Å². The van der Waals surface area contributed by atoms with E-state index in [0.717, 1.165) is 4.90 Å². The van der Waals surface area contributed by atoms with Gasteiger partial charge in [0.25, 0.3) is 11.8 Å². The molecule has 0 unspecified atom stereocenters. The molecule has 0 saturated heterocycles. The molecule has 1 aromatic carbocycles. The van der Waals surface area contributed by atoms with Gasteiger partial charge in [0.05, 0.1) is 5.69 Å². The van der Waals surface area contributed by atoms with Crippen molar-refractivity contribution in [3.05, 3.63) is 35.9 Å². The van der Waals surface area contributed by atoms with Gasteiger partial charge in [-0.25, -0.2) is 9.69 Å². The fraction of sp³-hybridized carbons (Fsp3) is 0.154. The van der Waals surface area contributed by atoms with Gasteiger partial charge in [0.1, 0.15) is 5.75 Å². The summed E-state index contributed by atoms with van der Waals surface area (Å²) in [6.45, 7) is 1.13. The van der Waals surface area contributed by atoms with E-state index in [0.29, 0.717) is 17.0 Å². The molecular formula is C13H11NO5. The summed E-state index contributed by atoms with van der Waals surface area (Å²) in [7, 11) is 0. The summed E-state index contributed by atoms with van der Waals surface area (Å²) >= 11 is 0. The Morgan fingerprint density at radius 2 is 1.89 bits per heavy atom. The number of carboxylic acid groups (broad SMARTS) is 1. The molecule has 0 radical (unpaired) electrons. The summed E-state index contributed by atoms with van der Waals surface area (Å²) in [5.74, 6) is -1.46. The van der Waals surface area contributed by atoms with Crippen LogP contribution in [0.3, 0.4) is 0 Å². The molecule has 0 aromatic heterocycles. The highest BCUT2D eigenvalue weighted by atomic mass is 16.5. The number of hydrogen-bond acceptors (Lipinski definition) is 4. The van der Waals surface area contributed by atoms with E-state index in [9.17, 15) is 14.4 Å². The standard InChI is InChI=1S/C13H11NO5/c1-8-6-11(15)14(13(8)18)9-2-4-10(5-3-9)19-7-12(16)17/h2-6H,7H2,1H3,(H,16,17). The molecule has 1 aromatic rings. The molecule has 1 N–H and O–H groups in total. The monoisotopic (exact) mass is 261 g/mol. The number of aliphatic carboxylic acids is 1. The Labute approximate surface area is 108 Å². The van der Waals surface area contributed by atoms with E-state index in [-0.39, 0.29) is 11.8 Å². The van der Waals surface area contributed by atoms with Crippen LogP contribution >= 0.6 is 0 Å². The maximum atomic E-state index is 11.7. The predicted molar refractivity (Wildman–Crippen MR) is 65.8 cm³/mol. The fourth-order valence-electron chi connectivity index (χ4n) is 1.67. The Hall–Kier alpha value is -2.63. The lowest BCUT2D eigenvalue weighted by atomic mass is 10.2. The van der Waals surface area contributed by atoms with Gasteiger partial charge in [-0.1, -0.05) is 0 Å². The number of hydrogen-bond donors (Lipinski definition) is 1. The molecule has 6 heteroatoms. The van der Waals surface area contributed by atoms with Crippen LogP contribution in [0.1, 0.15) is 6.92 Å². The topological polar surface area (TPSA) is 83.9 Å². The molecule has 0 aliphatic carbocycles. The fourth-order valence-corrected chi connectivity index (χ4v) is 1.67. The SMILES string of the molecule is CC1=CC(=O)N(c2ccc(OCC(=O)O)cc2)C1=O. The first-order chi connectivity index (χ1) is 8.99. The van der Waals surface area contributed by atoms with E-state index in [1.165, 1.54) is 30.3 Å². The normalized spacial score (nSPS) is 14.6. The molecule has 1 heterocycles. The summed E-state index contributed by atoms with van der Waals surface area (Å²) in [5, 5.41) is 8.47. The number of amides is 2. The third-order valence-corrected chi connectivity index (χ3v) is 2.56. The van der Waals surface area contributed by atoms with E-state index in [1.807, 2.05) is 0 Å². The lowest BCUT2D eigenvalue weighted by Gasteiger charge is -2.14. The Morgan fingerprint density at radius 1 is 1.26 bits per heavy atom. The van der Waals surface area contributed by atoms with Crippen molar-refractivity contribution in [2.24, 2.45) is 0 Å². The molecule has 1 aliphatic rings. The lowest BCUT2D eigenvalue weighted by molar-refractivity contribution is -0.139. The molecule has 2 amide bonds. The van der Waals surface area contributed by atoms with Crippen molar-refractivity contribution in [1.82, 2.24) is 0 Å². The maximum Gasteiger partial charge on any atom is 0.341 e. The van der Waals surface area contributed by atoms with Gasteiger partial charge in [0.2, 0.25) is 0 Å². The molecule has 6 nitrogen and oxygen atoms in total. The highest BCUT2D eigenvalue weighted by molar-refractivity contribution is 6.30. The van der Waals surface area contributed by atoms with Gasteiger partial charge in [0.15, 0.2) is 6.61 Å². The number of nitrogens with zero attached hydrogens (tertiary/aromatic N) is 1. The molecule has 0 bridgehead atoms. The zero-order valence-corrected chi connectivity index (χ0v) is 10.1. The smallest absolute Gasteiger partial charge is 0.341 e. The first-order valence-corrected chi connectivity index (χ1v) is 5.50. The molecule has 0 atom stereocenters. The molecular weight excluding hydrogens is 250 g/mol. The largest absolute Gasteiger partial charge is 0.482 e. The highest BCUT2D eigenvalue weighted by Crippen LogP contribution is 2.24. The molecule has 1 aliphatic heterocycles. The minimum absolute atomic E-state index is 0.356. The minimum Gasteiger partial charge on any atom is -0.482 e. The van der Waals surface area contributed by atoms with Crippen molar-refractivity contribution in [2.45, 2.75) is 6.92 Å². The lowest BCUT2D eigenvalue weighted by Crippen LogP contribution is -2.30. The van der Waals surface area contributed by atoms with Gasteiger partial charge in [0, 0.05) is 11.6 Å². The third kappa shape index (κ3) is 2.62. The van der Waals surface area contributed by atoms with Crippen LogP contribution in [0.5, 0.6) is 5.75 Å². The number of carboxylic acids is 1. The number of ether oxygens (including phenoxy) is 1. The average molecular weight is 261 g/mol. The van der Waals surface area contributed by atoms with Crippen molar-refractivity contribution in [3.63, 3.8) is 0 Å². The second kappa shape index (κ2) is 4.93. The van der Waals surface area contributed by atoms with Gasteiger partial charge < -0.3 is 9.84 Å². The molecule has 0 saturated carbocycles. The Bertz CT molecular complexity index is 573. The summed E-state index contributed by atoms with van der Waals surface area (Å²) in [6.07, 6.45) is 1.27. The van der Waals surface area contributed by atoms with Crippen LogP contribution in [-0.4, -0.2) is 29.5 Å².